The molecule has 5 rings (SSSR count). The second-order valence-corrected chi connectivity index (χ2v) is 9.17. The van der Waals surface area contributed by atoms with Crippen molar-refractivity contribution in [3.63, 3.8) is 0 Å². The number of likely N-dealkylation sites (N-methyl/N-ethyl adjacent to an activating group) is 1. The first kappa shape index (κ1) is 21.4. The number of aliphatic hydroxyl groups is 1. The van der Waals surface area contributed by atoms with E-state index in [2.05, 4.69) is 10.5 Å². The summed E-state index contributed by atoms with van der Waals surface area (Å²) in [5, 5.41) is 18.1. The molecule has 2 heterocycles. The maximum absolute atomic E-state index is 13.3. The van der Waals surface area contributed by atoms with Gasteiger partial charge in [0.1, 0.15) is 12.3 Å². The first-order valence-electron chi connectivity index (χ1n) is 11.0. The summed E-state index contributed by atoms with van der Waals surface area (Å²) < 4.78 is 11.2. The fourth-order valence-corrected chi connectivity index (χ4v) is 4.99. The lowest BCUT2D eigenvalue weighted by Gasteiger charge is -2.29. The summed E-state index contributed by atoms with van der Waals surface area (Å²) in [4.78, 5) is 25.8. The molecule has 1 aliphatic carbocycles. The van der Waals surface area contributed by atoms with E-state index in [9.17, 15) is 14.7 Å². The van der Waals surface area contributed by atoms with Gasteiger partial charge in [-0.05, 0) is 18.1 Å². The Bertz CT molecular complexity index is 1190. The van der Waals surface area contributed by atoms with Crippen molar-refractivity contribution in [1.29, 1.82) is 0 Å². The summed E-state index contributed by atoms with van der Waals surface area (Å²) in [5.41, 5.74) is 0.891. The Morgan fingerprint density at radius 1 is 1.18 bits per heavy atom. The van der Waals surface area contributed by atoms with Crippen molar-refractivity contribution >= 4 is 17.7 Å². The number of likely N-dealkylation sites (tertiary alicyclic amines) is 1. The third-order valence-electron chi connectivity index (χ3n) is 6.55. The second-order valence-electron chi connectivity index (χ2n) is 9.17. The largest absolute Gasteiger partial charge is 0.453 e. The number of benzene rings is 2. The summed E-state index contributed by atoms with van der Waals surface area (Å²) in [5.74, 6) is 0.134. The Balaban J connectivity index is 1.29. The normalized spacial score (nSPS) is 22.5. The number of carbonyl (C=O) groups is 2. The van der Waals surface area contributed by atoms with Crippen molar-refractivity contribution in [2.24, 2.45) is 0 Å². The number of nitrogens with zero attached hydrogens (tertiary/aromatic N) is 2. The zero-order chi connectivity index (χ0) is 23.2. The first-order valence-corrected chi connectivity index (χ1v) is 11.0. The van der Waals surface area contributed by atoms with Gasteiger partial charge in [-0.1, -0.05) is 53.7 Å². The number of aromatic nitrogens is 1. The molecule has 2 N–H and O–H groups in total. The van der Waals surface area contributed by atoms with Crippen LogP contribution in [0, 0.1) is 6.92 Å². The Kier molecular flexibility index (Phi) is 5.07. The number of rotatable bonds is 5. The van der Waals surface area contributed by atoms with Gasteiger partial charge in [-0.3, -0.25) is 4.79 Å². The van der Waals surface area contributed by atoms with Gasteiger partial charge < -0.3 is 24.2 Å². The van der Waals surface area contributed by atoms with Crippen LogP contribution in [-0.4, -0.2) is 59.4 Å². The number of nitrogens with one attached hydrogen (secondary N) is 1. The molecule has 8 heteroatoms. The van der Waals surface area contributed by atoms with Crippen LogP contribution in [0.3, 0.4) is 0 Å². The third-order valence-corrected chi connectivity index (χ3v) is 6.55. The van der Waals surface area contributed by atoms with E-state index in [1.54, 1.807) is 25.1 Å². The minimum atomic E-state index is -1.85. The summed E-state index contributed by atoms with van der Waals surface area (Å²) in [6, 6.07) is 16.4. The molecule has 2 aliphatic rings. The van der Waals surface area contributed by atoms with Crippen LogP contribution in [0.2, 0.25) is 0 Å². The van der Waals surface area contributed by atoms with Gasteiger partial charge in [0.25, 0.3) is 5.91 Å². The highest BCUT2D eigenvalue weighted by Gasteiger charge is 2.51. The standard InChI is InChI=1S/C25H25N3O5/c1-16-13-22(27-33-16)26-23(29)15-28(2)12-11-17(14-28)32-24(30)25(31)20-9-5-3-7-18(20)19-8-4-6-10-21(19)25/h3-10,13,17,31H,11-12,14-15H2,1-2H3/p+1/t17-,28?/m1/s1. The topological polar surface area (TPSA) is 102 Å². The zero-order valence-electron chi connectivity index (χ0n) is 18.6. The Morgan fingerprint density at radius 3 is 2.42 bits per heavy atom. The van der Waals surface area contributed by atoms with Gasteiger partial charge in [0.2, 0.25) is 5.60 Å². The number of fused-ring (bicyclic) bond motifs is 3. The van der Waals surface area contributed by atoms with Crippen LogP contribution in [0.25, 0.3) is 11.1 Å². The van der Waals surface area contributed by atoms with E-state index < -0.39 is 17.7 Å². The van der Waals surface area contributed by atoms with E-state index >= 15 is 0 Å². The van der Waals surface area contributed by atoms with Crippen molar-refractivity contribution in [3.05, 3.63) is 71.5 Å². The van der Waals surface area contributed by atoms with Crippen molar-refractivity contribution in [3.8, 4) is 11.1 Å². The predicted molar refractivity (Wildman–Crippen MR) is 120 cm³/mol. The van der Waals surface area contributed by atoms with Crippen molar-refractivity contribution in [1.82, 2.24) is 5.16 Å². The Morgan fingerprint density at radius 2 is 1.82 bits per heavy atom. The van der Waals surface area contributed by atoms with Gasteiger partial charge in [-0.25, -0.2) is 4.79 Å². The van der Waals surface area contributed by atoms with E-state index in [1.807, 2.05) is 43.4 Å². The lowest BCUT2D eigenvalue weighted by atomic mass is 9.91. The van der Waals surface area contributed by atoms with Gasteiger partial charge in [-0.2, -0.15) is 0 Å². The van der Waals surface area contributed by atoms with Crippen LogP contribution in [-0.2, 0) is 19.9 Å². The fraction of sp³-hybridized carbons (Fsp3) is 0.320. The minimum Gasteiger partial charge on any atom is -0.453 e. The van der Waals surface area contributed by atoms with Crippen LogP contribution >= 0.6 is 0 Å². The molecule has 1 fully saturated rings. The van der Waals surface area contributed by atoms with Gasteiger partial charge >= 0.3 is 5.97 Å². The number of ether oxygens (including phenoxy) is 1. The van der Waals surface area contributed by atoms with Gasteiger partial charge in [-0.15, -0.1) is 0 Å². The van der Waals surface area contributed by atoms with Crippen LogP contribution < -0.4 is 5.32 Å². The number of esters is 1. The maximum Gasteiger partial charge on any atom is 0.348 e. The van der Waals surface area contributed by atoms with Crippen LogP contribution in [0.4, 0.5) is 5.82 Å². The molecule has 1 aliphatic heterocycles. The second kappa shape index (κ2) is 7.83. The van der Waals surface area contributed by atoms with Gasteiger partial charge in [0.15, 0.2) is 18.5 Å². The third kappa shape index (κ3) is 3.71. The molecule has 3 aromatic rings. The van der Waals surface area contributed by atoms with Crippen LogP contribution in [0.15, 0.2) is 59.1 Å². The number of anilines is 1. The fourth-order valence-electron chi connectivity index (χ4n) is 4.99. The SMILES string of the molecule is Cc1cc(NC(=O)C[N+]2(C)CC[C@@H](OC(=O)C3(O)c4ccccc4-c4ccccc43)C2)no1. The number of amides is 1. The molecular formula is C25H26N3O5+. The molecule has 0 radical (unpaired) electrons. The molecule has 0 saturated carbocycles. The Hall–Kier alpha value is -3.49. The summed E-state index contributed by atoms with van der Waals surface area (Å²) >= 11 is 0. The Labute approximate surface area is 191 Å². The highest BCUT2D eigenvalue weighted by Crippen LogP contribution is 2.48. The van der Waals surface area contributed by atoms with Gasteiger partial charge in [0, 0.05) is 23.6 Å². The molecule has 1 aromatic heterocycles. The first-order chi connectivity index (χ1) is 15.8. The molecule has 8 nitrogen and oxygen atoms in total. The minimum absolute atomic E-state index is 0.185. The smallest absolute Gasteiger partial charge is 0.348 e. The lowest BCUT2D eigenvalue weighted by molar-refractivity contribution is -0.890. The van der Waals surface area contributed by atoms with E-state index in [4.69, 9.17) is 9.26 Å². The average Bonchev–Trinajstić information content (AvgIpc) is 3.44. The van der Waals surface area contributed by atoms with E-state index in [-0.39, 0.29) is 12.5 Å². The van der Waals surface area contributed by atoms with Crippen molar-refractivity contribution in [2.75, 3.05) is 32.0 Å². The molecule has 0 spiro atoms. The maximum atomic E-state index is 13.3. The summed E-state index contributed by atoms with van der Waals surface area (Å²) in [6.45, 7) is 3.13. The molecule has 0 bridgehead atoms. The van der Waals surface area contributed by atoms with E-state index in [0.717, 1.165) is 11.1 Å². The van der Waals surface area contributed by atoms with E-state index in [1.165, 1.54) is 0 Å². The van der Waals surface area contributed by atoms with Crippen molar-refractivity contribution in [2.45, 2.75) is 25.0 Å². The van der Waals surface area contributed by atoms with Gasteiger partial charge in [0.05, 0.1) is 13.6 Å². The monoisotopic (exact) mass is 448 g/mol. The molecule has 33 heavy (non-hydrogen) atoms. The van der Waals surface area contributed by atoms with Crippen LogP contribution in [0.1, 0.15) is 23.3 Å². The number of aryl methyl sites for hydroxylation is 1. The summed E-state index contributed by atoms with van der Waals surface area (Å²) in [6.07, 6.45) is 0.214. The molecule has 170 valence electrons. The molecule has 1 amide bonds. The number of carbonyl (C=O) groups excluding carboxylic acids is 2. The molecule has 1 saturated heterocycles. The summed E-state index contributed by atoms with van der Waals surface area (Å²) in [7, 11) is 1.95. The highest BCUT2D eigenvalue weighted by atomic mass is 16.6. The van der Waals surface area contributed by atoms with Crippen molar-refractivity contribution < 1.29 is 28.4 Å². The number of quaternary nitrogens is 1. The molecular weight excluding hydrogens is 422 g/mol. The zero-order valence-corrected chi connectivity index (χ0v) is 18.6. The average molecular weight is 448 g/mol. The highest BCUT2D eigenvalue weighted by molar-refractivity contribution is 5.96. The van der Waals surface area contributed by atoms with E-state index in [0.29, 0.717) is 46.7 Å². The molecule has 2 aromatic carbocycles. The lowest BCUT2D eigenvalue weighted by Crippen LogP contribution is -2.48. The quantitative estimate of drug-likeness (QED) is 0.460. The van der Waals surface area contributed by atoms with Crippen LogP contribution in [0.5, 0.6) is 0 Å². The number of hydrogen-bond acceptors (Lipinski definition) is 6. The molecule has 2 atom stereocenters. The molecule has 1 unspecified atom stereocenters. The predicted octanol–water partition coefficient (Wildman–Crippen LogP) is 2.60. The number of hydrogen-bond donors (Lipinski definition) is 2.